The lowest BCUT2D eigenvalue weighted by molar-refractivity contribution is 0.477. The molecule has 8 aromatic rings. The van der Waals surface area contributed by atoms with Gasteiger partial charge in [-0.2, -0.15) is 0 Å². The highest BCUT2D eigenvalue weighted by molar-refractivity contribution is 6.08. The summed E-state index contributed by atoms with van der Waals surface area (Å²) in [4.78, 5) is 2.41. The van der Waals surface area contributed by atoms with Gasteiger partial charge in [0.15, 0.2) is 11.5 Å². The summed E-state index contributed by atoms with van der Waals surface area (Å²) >= 11 is 0. The highest BCUT2D eigenvalue weighted by Crippen LogP contribution is 2.57. The van der Waals surface area contributed by atoms with Crippen molar-refractivity contribution in [1.29, 1.82) is 0 Å². The first kappa shape index (κ1) is 28.4. The molecule has 0 amide bonds. The molecule has 8 aromatic carbocycles. The summed E-state index contributed by atoms with van der Waals surface area (Å²) in [5, 5.41) is 0. The van der Waals surface area contributed by atoms with Crippen molar-refractivity contribution in [2.75, 3.05) is 4.90 Å². The Kier molecular flexibility index (Phi) is 6.53. The van der Waals surface area contributed by atoms with Crippen molar-refractivity contribution in [3.8, 4) is 78.3 Å². The van der Waals surface area contributed by atoms with Gasteiger partial charge in [-0.3, -0.25) is 0 Å². The third-order valence-corrected chi connectivity index (χ3v) is 10.0. The Hall–Kier alpha value is -6.64. The van der Waals surface area contributed by atoms with E-state index in [1.165, 1.54) is 44.5 Å². The second-order valence-corrected chi connectivity index (χ2v) is 12.9. The van der Waals surface area contributed by atoms with Gasteiger partial charge in [0.25, 0.3) is 0 Å². The van der Waals surface area contributed by atoms with E-state index in [2.05, 4.69) is 193 Å². The summed E-state index contributed by atoms with van der Waals surface area (Å²) in [6, 6.07) is 67.5. The first-order chi connectivity index (χ1) is 24.8. The fourth-order valence-corrected chi connectivity index (χ4v) is 7.76. The van der Waals surface area contributed by atoms with Crippen molar-refractivity contribution >= 4 is 17.1 Å². The zero-order valence-corrected chi connectivity index (χ0v) is 27.3. The van der Waals surface area contributed by atoms with Crippen LogP contribution < -0.4 is 9.64 Å². The number of hydrogen-bond acceptors (Lipinski definition) is 2. The van der Waals surface area contributed by atoms with Gasteiger partial charge in [-0.05, 0) is 91.5 Å². The minimum Gasteiger partial charge on any atom is -0.453 e. The van der Waals surface area contributed by atoms with E-state index in [1.807, 2.05) is 0 Å². The van der Waals surface area contributed by atoms with Gasteiger partial charge >= 0.3 is 0 Å². The van der Waals surface area contributed by atoms with Crippen LogP contribution in [0.2, 0.25) is 0 Å². The van der Waals surface area contributed by atoms with Gasteiger partial charge < -0.3 is 9.64 Å². The maximum atomic E-state index is 6.87. The lowest BCUT2D eigenvalue weighted by Crippen LogP contribution is -2.17. The summed E-state index contributed by atoms with van der Waals surface area (Å²) in [7, 11) is 0. The average Bonchev–Trinajstić information content (AvgIpc) is 3.19. The van der Waals surface area contributed by atoms with Crippen molar-refractivity contribution in [3.63, 3.8) is 0 Å². The Morgan fingerprint density at radius 2 is 0.680 bits per heavy atom. The fraction of sp³-hybridized carbons (Fsp3) is 0. The molecule has 50 heavy (non-hydrogen) atoms. The molecule has 2 aliphatic rings. The molecule has 0 unspecified atom stereocenters. The summed E-state index contributed by atoms with van der Waals surface area (Å²) in [6.07, 6.45) is 0. The molecule has 1 aliphatic carbocycles. The number of fused-ring (bicyclic) bond motifs is 10. The van der Waals surface area contributed by atoms with Crippen LogP contribution in [0, 0.1) is 0 Å². The van der Waals surface area contributed by atoms with E-state index in [4.69, 9.17) is 4.74 Å². The first-order valence-corrected chi connectivity index (χ1v) is 17.1. The van der Waals surface area contributed by atoms with Crippen LogP contribution in [0.1, 0.15) is 0 Å². The van der Waals surface area contributed by atoms with Gasteiger partial charge in [0, 0.05) is 5.56 Å². The fourth-order valence-electron chi connectivity index (χ4n) is 7.76. The Balaban J connectivity index is 1.26. The first-order valence-electron chi connectivity index (χ1n) is 17.1. The zero-order chi connectivity index (χ0) is 33.0. The smallest absolute Gasteiger partial charge is 0.152 e. The molecule has 2 heteroatoms. The van der Waals surface area contributed by atoms with Crippen LogP contribution in [0.25, 0.3) is 66.8 Å². The van der Waals surface area contributed by atoms with Gasteiger partial charge in [-0.25, -0.2) is 0 Å². The van der Waals surface area contributed by atoms with Crippen LogP contribution in [0.3, 0.4) is 0 Å². The van der Waals surface area contributed by atoms with Crippen LogP contribution in [0.5, 0.6) is 11.5 Å². The highest BCUT2D eigenvalue weighted by atomic mass is 16.5. The topological polar surface area (TPSA) is 12.5 Å². The molecule has 0 N–H and O–H groups in total. The van der Waals surface area contributed by atoms with Gasteiger partial charge in [-0.15, -0.1) is 0 Å². The molecule has 10 rings (SSSR count). The molecule has 0 bridgehead atoms. The summed E-state index contributed by atoms with van der Waals surface area (Å²) in [5.41, 5.74) is 17.4. The maximum absolute atomic E-state index is 6.87. The third kappa shape index (κ3) is 4.50. The lowest BCUT2D eigenvalue weighted by atomic mass is 9.80. The Morgan fingerprint density at radius 1 is 0.280 bits per heavy atom. The molecule has 1 heterocycles. The van der Waals surface area contributed by atoms with Crippen LogP contribution in [-0.4, -0.2) is 0 Å². The standard InChI is InChI=1S/C48H31NO/c1-3-14-32(15-4-1)34-26-28-43-46(30-34)50-47-31-35(33-16-5-2-6-17-33)27-29-44(47)49(43)45-25-13-24-42-40-21-10-9-20-38(40)36-18-7-8-19-37(36)39-22-11-12-23-41(39)48(42)45/h1-31H. The summed E-state index contributed by atoms with van der Waals surface area (Å²) in [6.45, 7) is 0. The monoisotopic (exact) mass is 637 g/mol. The van der Waals surface area contributed by atoms with Crippen molar-refractivity contribution in [3.05, 3.63) is 188 Å². The van der Waals surface area contributed by atoms with Gasteiger partial charge in [0.2, 0.25) is 0 Å². The predicted octanol–water partition coefficient (Wildman–Crippen LogP) is 13.6. The number of benzene rings is 8. The van der Waals surface area contributed by atoms with E-state index >= 15 is 0 Å². The molecule has 0 radical (unpaired) electrons. The van der Waals surface area contributed by atoms with Crippen LogP contribution in [0.15, 0.2) is 188 Å². The van der Waals surface area contributed by atoms with Crippen molar-refractivity contribution in [2.24, 2.45) is 0 Å². The summed E-state index contributed by atoms with van der Waals surface area (Å²) < 4.78 is 6.87. The van der Waals surface area contributed by atoms with Crippen molar-refractivity contribution in [1.82, 2.24) is 0 Å². The number of anilines is 3. The SMILES string of the molecule is c1ccc(-c2ccc3c(c2)Oc2cc(-c4ccccc4)ccc2N3c2cccc3c2-c2ccccc2-c2ccccc2-c2ccccc2-3)cc1. The highest BCUT2D eigenvalue weighted by Gasteiger charge is 2.31. The molecule has 0 aromatic heterocycles. The van der Waals surface area contributed by atoms with E-state index < -0.39 is 0 Å². The lowest BCUT2D eigenvalue weighted by Gasteiger charge is -2.36. The predicted molar refractivity (Wildman–Crippen MR) is 207 cm³/mol. The molecule has 0 atom stereocenters. The van der Waals surface area contributed by atoms with E-state index in [1.54, 1.807) is 0 Å². The van der Waals surface area contributed by atoms with Crippen LogP contribution >= 0.6 is 0 Å². The molecular formula is C48H31NO. The maximum Gasteiger partial charge on any atom is 0.152 e. The Bertz CT molecular complexity index is 2470. The van der Waals surface area contributed by atoms with Gasteiger partial charge in [0.1, 0.15) is 0 Å². The minimum absolute atomic E-state index is 0.826. The van der Waals surface area contributed by atoms with E-state index in [0.29, 0.717) is 0 Å². The van der Waals surface area contributed by atoms with E-state index in [9.17, 15) is 0 Å². The molecule has 0 fully saturated rings. The molecule has 0 saturated heterocycles. The molecule has 2 nitrogen and oxygen atoms in total. The van der Waals surface area contributed by atoms with E-state index in [0.717, 1.165) is 50.8 Å². The molecule has 1 aliphatic heterocycles. The summed E-state index contributed by atoms with van der Waals surface area (Å²) in [5.74, 6) is 1.65. The van der Waals surface area contributed by atoms with Gasteiger partial charge in [-0.1, -0.05) is 158 Å². The zero-order valence-electron chi connectivity index (χ0n) is 27.3. The number of ether oxygens (including phenoxy) is 1. The molecule has 0 spiro atoms. The number of hydrogen-bond donors (Lipinski definition) is 0. The van der Waals surface area contributed by atoms with Gasteiger partial charge in [0.05, 0.1) is 17.1 Å². The van der Waals surface area contributed by atoms with E-state index in [-0.39, 0.29) is 0 Å². The second kappa shape index (κ2) is 11.5. The largest absolute Gasteiger partial charge is 0.453 e. The van der Waals surface area contributed by atoms with Crippen LogP contribution in [0.4, 0.5) is 17.1 Å². The quantitative estimate of drug-likeness (QED) is 0.191. The van der Waals surface area contributed by atoms with Crippen molar-refractivity contribution < 1.29 is 4.74 Å². The number of rotatable bonds is 3. The average molecular weight is 638 g/mol. The Morgan fingerprint density at radius 3 is 1.18 bits per heavy atom. The molecular weight excluding hydrogens is 607 g/mol. The third-order valence-electron chi connectivity index (χ3n) is 10.0. The second-order valence-electron chi connectivity index (χ2n) is 12.9. The normalized spacial score (nSPS) is 12.1. The minimum atomic E-state index is 0.826. The molecule has 234 valence electrons. The van der Waals surface area contributed by atoms with Crippen molar-refractivity contribution in [2.45, 2.75) is 0 Å². The van der Waals surface area contributed by atoms with Crippen LogP contribution in [-0.2, 0) is 0 Å². The molecule has 0 saturated carbocycles. The number of nitrogens with zero attached hydrogens (tertiary/aromatic N) is 1. The Labute approximate surface area is 292 Å².